The molecule has 0 spiro atoms. The molecule has 172 valence electrons. The van der Waals surface area contributed by atoms with E-state index in [1.54, 1.807) is 12.3 Å². The van der Waals surface area contributed by atoms with E-state index < -0.39 is 11.9 Å². The quantitative estimate of drug-likeness (QED) is 0.416. The number of pyridine rings is 1. The highest BCUT2D eigenvalue weighted by atomic mass is 19.4. The summed E-state index contributed by atoms with van der Waals surface area (Å²) in [4.78, 5) is 12.8. The van der Waals surface area contributed by atoms with Crippen molar-refractivity contribution in [3.05, 3.63) is 42.4 Å². The van der Waals surface area contributed by atoms with Crippen LogP contribution in [0, 0.1) is 0 Å². The summed E-state index contributed by atoms with van der Waals surface area (Å²) in [6, 6.07) is 6.16. The topological polar surface area (TPSA) is 106 Å². The summed E-state index contributed by atoms with van der Waals surface area (Å²) in [6.45, 7) is 1.93. The molecule has 0 aromatic carbocycles. The predicted molar refractivity (Wildman–Crippen MR) is 115 cm³/mol. The number of methoxy groups -OCH3 is 1. The van der Waals surface area contributed by atoms with Crippen molar-refractivity contribution < 1.29 is 17.9 Å². The zero-order valence-corrected chi connectivity index (χ0v) is 17.6. The van der Waals surface area contributed by atoms with Gasteiger partial charge in [-0.3, -0.25) is 5.10 Å². The maximum atomic E-state index is 13.0. The molecule has 5 rings (SSSR count). The van der Waals surface area contributed by atoms with Crippen LogP contribution in [0.3, 0.4) is 0 Å². The first kappa shape index (κ1) is 21.2. The van der Waals surface area contributed by atoms with Gasteiger partial charge in [-0.25, -0.2) is 15.0 Å². The Balaban J connectivity index is 1.40. The number of nitrogens with zero attached hydrogens (tertiary/aromatic N) is 5. The van der Waals surface area contributed by atoms with E-state index in [2.05, 4.69) is 35.4 Å². The molecular weight excluding hydrogens is 437 g/mol. The highest BCUT2D eigenvalue weighted by Crippen LogP contribution is 2.34. The number of halogens is 3. The van der Waals surface area contributed by atoms with Crippen molar-refractivity contribution in [2.24, 2.45) is 0 Å². The second-order valence-corrected chi connectivity index (χ2v) is 7.71. The number of aromatic nitrogens is 6. The van der Waals surface area contributed by atoms with Crippen LogP contribution in [-0.2, 0) is 6.18 Å². The van der Waals surface area contributed by atoms with Crippen molar-refractivity contribution in [2.45, 2.75) is 25.1 Å². The molecule has 1 fully saturated rings. The molecule has 0 atom stereocenters. The summed E-state index contributed by atoms with van der Waals surface area (Å²) in [5, 5.41) is 13.4. The Morgan fingerprint density at radius 1 is 1.12 bits per heavy atom. The maximum Gasteiger partial charge on any atom is 0.433 e. The molecule has 12 heteroatoms. The van der Waals surface area contributed by atoms with Crippen LogP contribution < -0.4 is 15.4 Å². The monoisotopic (exact) mass is 458 g/mol. The number of hydrogen-bond donors (Lipinski definition) is 3. The third-order valence-corrected chi connectivity index (χ3v) is 5.59. The normalized spacial score (nSPS) is 15.2. The van der Waals surface area contributed by atoms with Gasteiger partial charge in [0.2, 0.25) is 5.88 Å². The molecule has 0 amide bonds. The fourth-order valence-electron chi connectivity index (χ4n) is 3.97. The number of aromatic amines is 1. The SMILES string of the molecule is COc1nc(C(F)(F)F)ccc1-c1cc(Nc2cnc3ccn(C4CCNCC4)c3n2)n[nH]1. The molecule has 3 N–H and O–H groups in total. The van der Waals surface area contributed by atoms with Gasteiger partial charge >= 0.3 is 6.18 Å². The number of rotatable bonds is 5. The van der Waals surface area contributed by atoms with E-state index in [1.165, 1.54) is 13.2 Å². The summed E-state index contributed by atoms with van der Waals surface area (Å²) in [5.74, 6) is 0.786. The Hall–Kier alpha value is -3.67. The van der Waals surface area contributed by atoms with E-state index in [9.17, 15) is 13.2 Å². The van der Waals surface area contributed by atoms with Gasteiger partial charge in [-0.05, 0) is 44.1 Å². The molecule has 1 aliphatic heterocycles. The van der Waals surface area contributed by atoms with Gasteiger partial charge in [-0.15, -0.1) is 0 Å². The molecule has 0 saturated carbocycles. The molecule has 0 bridgehead atoms. The Morgan fingerprint density at radius 2 is 1.94 bits per heavy atom. The highest BCUT2D eigenvalue weighted by molar-refractivity contribution is 5.74. The number of fused-ring (bicyclic) bond motifs is 1. The number of piperidine rings is 1. The average molecular weight is 458 g/mol. The fraction of sp³-hybridized carbons (Fsp3) is 0.333. The first-order valence-corrected chi connectivity index (χ1v) is 10.4. The van der Waals surface area contributed by atoms with Crippen molar-refractivity contribution in [3.63, 3.8) is 0 Å². The number of anilines is 2. The standard InChI is InChI=1S/C21H21F3N8O/c1-33-20-13(2-3-16(27-20)21(22,23)24)15-10-17(31-30-15)28-18-11-26-14-6-9-32(19(14)29-18)12-4-7-25-8-5-12/h2-3,6,9-12,25H,4-5,7-8H2,1H3,(H2,28,29,30,31). The first-order valence-electron chi connectivity index (χ1n) is 10.4. The molecule has 0 aliphatic carbocycles. The summed E-state index contributed by atoms with van der Waals surface area (Å²) >= 11 is 0. The number of hydrogen-bond acceptors (Lipinski definition) is 7. The van der Waals surface area contributed by atoms with E-state index in [0.717, 1.165) is 43.2 Å². The molecule has 9 nitrogen and oxygen atoms in total. The summed E-state index contributed by atoms with van der Waals surface area (Å²) in [7, 11) is 1.27. The van der Waals surface area contributed by atoms with E-state index in [4.69, 9.17) is 9.72 Å². The van der Waals surface area contributed by atoms with Crippen LogP contribution in [0.4, 0.5) is 24.8 Å². The minimum Gasteiger partial charge on any atom is -0.480 e. The smallest absolute Gasteiger partial charge is 0.433 e. The molecule has 4 aromatic heterocycles. The molecule has 0 unspecified atom stereocenters. The second-order valence-electron chi connectivity index (χ2n) is 7.71. The lowest BCUT2D eigenvalue weighted by molar-refractivity contribution is -0.141. The molecule has 1 saturated heterocycles. The van der Waals surface area contributed by atoms with Crippen molar-refractivity contribution in [1.29, 1.82) is 0 Å². The van der Waals surface area contributed by atoms with Gasteiger partial charge in [0, 0.05) is 18.3 Å². The van der Waals surface area contributed by atoms with E-state index in [0.29, 0.717) is 28.9 Å². The largest absolute Gasteiger partial charge is 0.480 e. The van der Waals surface area contributed by atoms with Crippen molar-refractivity contribution in [2.75, 3.05) is 25.5 Å². The third-order valence-electron chi connectivity index (χ3n) is 5.59. The molecular formula is C21H21F3N8O. The minimum atomic E-state index is -4.56. The van der Waals surface area contributed by atoms with Gasteiger partial charge in [-0.1, -0.05) is 0 Å². The zero-order valence-electron chi connectivity index (χ0n) is 17.6. The first-order chi connectivity index (χ1) is 15.9. The molecule has 4 aromatic rings. The van der Waals surface area contributed by atoms with Gasteiger partial charge in [0.1, 0.15) is 11.2 Å². The third kappa shape index (κ3) is 4.21. The van der Waals surface area contributed by atoms with Gasteiger partial charge in [0.25, 0.3) is 0 Å². The summed E-state index contributed by atoms with van der Waals surface area (Å²) in [6.07, 6.45) is 1.12. The summed E-state index contributed by atoms with van der Waals surface area (Å²) < 4.78 is 46.1. The van der Waals surface area contributed by atoms with E-state index in [1.807, 2.05) is 12.3 Å². The van der Waals surface area contributed by atoms with Crippen LogP contribution >= 0.6 is 0 Å². The van der Waals surface area contributed by atoms with Crippen molar-refractivity contribution in [3.8, 4) is 17.1 Å². The van der Waals surface area contributed by atoms with Gasteiger partial charge in [0.05, 0.1) is 24.6 Å². The second kappa shape index (κ2) is 8.35. The Morgan fingerprint density at radius 3 is 2.70 bits per heavy atom. The van der Waals surface area contributed by atoms with E-state index in [-0.39, 0.29) is 5.88 Å². The van der Waals surface area contributed by atoms with Crippen LogP contribution in [0.5, 0.6) is 5.88 Å². The minimum absolute atomic E-state index is 0.152. The lowest BCUT2D eigenvalue weighted by Gasteiger charge is -2.24. The van der Waals surface area contributed by atoms with Gasteiger partial charge < -0.3 is 19.9 Å². The zero-order chi connectivity index (χ0) is 23.0. The van der Waals surface area contributed by atoms with Gasteiger partial charge in [-0.2, -0.15) is 18.3 Å². The lowest BCUT2D eigenvalue weighted by Crippen LogP contribution is -2.29. The fourth-order valence-corrected chi connectivity index (χ4v) is 3.97. The van der Waals surface area contributed by atoms with E-state index >= 15 is 0 Å². The predicted octanol–water partition coefficient (Wildman–Crippen LogP) is 3.91. The van der Waals surface area contributed by atoms with Gasteiger partial charge in [0.15, 0.2) is 17.3 Å². The Labute approximate surface area is 186 Å². The lowest BCUT2D eigenvalue weighted by atomic mass is 10.1. The van der Waals surface area contributed by atoms with Crippen LogP contribution in [0.15, 0.2) is 36.7 Å². The molecule has 33 heavy (non-hydrogen) atoms. The van der Waals surface area contributed by atoms with Crippen molar-refractivity contribution >= 4 is 22.8 Å². The average Bonchev–Trinajstić information content (AvgIpc) is 3.45. The molecule has 5 heterocycles. The number of ether oxygens (including phenoxy) is 1. The highest BCUT2D eigenvalue weighted by Gasteiger charge is 2.33. The van der Waals surface area contributed by atoms with Crippen LogP contribution in [-0.4, -0.2) is 49.9 Å². The number of nitrogens with one attached hydrogen (secondary N) is 3. The Kier molecular flexibility index (Phi) is 5.36. The van der Waals surface area contributed by atoms with Crippen LogP contribution in [0.1, 0.15) is 24.6 Å². The van der Waals surface area contributed by atoms with Crippen LogP contribution in [0.25, 0.3) is 22.4 Å². The molecule has 1 aliphatic rings. The number of H-pyrrole nitrogens is 1. The summed E-state index contributed by atoms with van der Waals surface area (Å²) in [5.41, 5.74) is 1.37. The Bertz CT molecular complexity index is 1280. The van der Waals surface area contributed by atoms with Crippen LogP contribution in [0.2, 0.25) is 0 Å². The van der Waals surface area contributed by atoms with Crippen molar-refractivity contribution in [1.82, 2.24) is 35.0 Å². The number of alkyl halides is 3. The molecule has 0 radical (unpaired) electrons. The maximum absolute atomic E-state index is 13.0.